The third kappa shape index (κ3) is 1.42. The molecule has 0 aliphatic heterocycles. The van der Waals surface area contributed by atoms with Crippen molar-refractivity contribution in [2.24, 2.45) is 7.05 Å². The molecule has 2 N–H and O–H groups in total. The molecular formula is C8H8ClN5. The van der Waals surface area contributed by atoms with E-state index in [0.717, 1.165) is 0 Å². The minimum Gasteiger partial charge on any atom is -0.397 e. The van der Waals surface area contributed by atoms with Crippen molar-refractivity contribution >= 4 is 17.3 Å². The molecule has 2 rings (SSSR count). The first-order valence-corrected chi connectivity index (χ1v) is 4.31. The van der Waals surface area contributed by atoms with Crippen molar-refractivity contribution in [3.63, 3.8) is 0 Å². The van der Waals surface area contributed by atoms with E-state index in [2.05, 4.69) is 15.2 Å². The molecule has 0 radical (unpaired) electrons. The number of anilines is 1. The average Bonchev–Trinajstić information content (AvgIpc) is 2.52. The molecular weight excluding hydrogens is 202 g/mol. The Bertz CT molecular complexity index is 465. The van der Waals surface area contributed by atoms with Gasteiger partial charge >= 0.3 is 0 Å². The lowest BCUT2D eigenvalue weighted by molar-refractivity contribution is 0.914. The molecule has 0 unspecified atom stereocenters. The number of nitrogens with two attached hydrogens (primary N) is 1. The maximum absolute atomic E-state index is 5.75. The number of halogens is 1. The van der Waals surface area contributed by atoms with E-state index in [9.17, 15) is 0 Å². The predicted octanol–water partition coefficient (Wildman–Crippen LogP) is 1.11. The lowest BCUT2D eigenvalue weighted by Gasteiger charge is -2.03. The minimum atomic E-state index is 0.494. The Morgan fingerprint density at radius 2 is 2.29 bits per heavy atom. The van der Waals surface area contributed by atoms with E-state index in [1.165, 1.54) is 6.20 Å². The third-order valence-electron chi connectivity index (χ3n) is 1.81. The fourth-order valence-corrected chi connectivity index (χ4v) is 1.31. The molecule has 0 aliphatic rings. The first-order chi connectivity index (χ1) is 6.68. The number of hydrogen-bond acceptors (Lipinski definition) is 4. The molecule has 0 aromatic carbocycles. The van der Waals surface area contributed by atoms with E-state index < -0.39 is 0 Å². The molecule has 0 atom stereocenters. The van der Waals surface area contributed by atoms with Crippen LogP contribution in [0.15, 0.2) is 18.6 Å². The van der Waals surface area contributed by atoms with Crippen LogP contribution in [0.2, 0.25) is 5.02 Å². The van der Waals surface area contributed by atoms with Gasteiger partial charge in [-0.25, -0.2) is 4.98 Å². The van der Waals surface area contributed by atoms with E-state index in [4.69, 9.17) is 17.3 Å². The van der Waals surface area contributed by atoms with Crippen molar-refractivity contribution in [1.82, 2.24) is 19.7 Å². The van der Waals surface area contributed by atoms with Crippen LogP contribution < -0.4 is 5.73 Å². The monoisotopic (exact) mass is 209 g/mol. The van der Waals surface area contributed by atoms with Crippen LogP contribution in [-0.2, 0) is 7.05 Å². The van der Waals surface area contributed by atoms with Gasteiger partial charge in [0, 0.05) is 13.2 Å². The number of nitrogen functional groups attached to an aromatic ring is 1. The van der Waals surface area contributed by atoms with Gasteiger partial charge in [0.1, 0.15) is 12.0 Å². The Kier molecular flexibility index (Phi) is 2.09. The third-order valence-corrected chi connectivity index (χ3v) is 2.01. The quantitative estimate of drug-likeness (QED) is 0.764. The molecule has 14 heavy (non-hydrogen) atoms. The van der Waals surface area contributed by atoms with Gasteiger partial charge in [0.25, 0.3) is 0 Å². The molecule has 0 aliphatic carbocycles. The van der Waals surface area contributed by atoms with Gasteiger partial charge in [0.05, 0.1) is 10.7 Å². The van der Waals surface area contributed by atoms with Gasteiger partial charge in [-0.15, -0.1) is 10.2 Å². The molecule has 0 spiro atoms. The summed E-state index contributed by atoms with van der Waals surface area (Å²) in [6, 6.07) is 1.64. The van der Waals surface area contributed by atoms with Crippen LogP contribution in [0.5, 0.6) is 0 Å². The van der Waals surface area contributed by atoms with Crippen LogP contribution in [0.3, 0.4) is 0 Å². The van der Waals surface area contributed by atoms with Gasteiger partial charge in [-0.05, 0) is 6.07 Å². The van der Waals surface area contributed by atoms with Crippen molar-refractivity contribution in [1.29, 1.82) is 0 Å². The highest BCUT2D eigenvalue weighted by Crippen LogP contribution is 2.23. The first-order valence-electron chi connectivity index (χ1n) is 3.94. The minimum absolute atomic E-state index is 0.494. The summed E-state index contributed by atoms with van der Waals surface area (Å²) in [5.41, 5.74) is 6.84. The Balaban J connectivity index is 2.58. The Morgan fingerprint density at radius 1 is 1.50 bits per heavy atom. The van der Waals surface area contributed by atoms with Gasteiger partial charge < -0.3 is 10.3 Å². The fourth-order valence-electron chi connectivity index (χ4n) is 1.14. The van der Waals surface area contributed by atoms with Crippen molar-refractivity contribution < 1.29 is 0 Å². The second-order valence-corrected chi connectivity index (χ2v) is 3.29. The van der Waals surface area contributed by atoms with Crippen LogP contribution in [-0.4, -0.2) is 19.7 Å². The van der Waals surface area contributed by atoms with Crippen molar-refractivity contribution in [2.75, 3.05) is 5.73 Å². The van der Waals surface area contributed by atoms with Gasteiger partial charge in [-0.3, -0.25) is 0 Å². The van der Waals surface area contributed by atoms with Gasteiger partial charge in [-0.2, -0.15) is 0 Å². The van der Waals surface area contributed by atoms with Crippen LogP contribution in [0.1, 0.15) is 0 Å². The topological polar surface area (TPSA) is 69.6 Å². The zero-order chi connectivity index (χ0) is 10.1. The Labute approximate surface area is 85.5 Å². The number of nitrogens with zero attached hydrogens (tertiary/aromatic N) is 4. The lowest BCUT2D eigenvalue weighted by Crippen LogP contribution is -1.98. The molecule has 0 saturated heterocycles. The summed E-state index contributed by atoms with van der Waals surface area (Å²) < 4.78 is 1.74. The smallest absolute Gasteiger partial charge is 0.184 e. The summed E-state index contributed by atoms with van der Waals surface area (Å²) in [6.07, 6.45) is 3.12. The molecule has 0 bridgehead atoms. The molecule has 2 aromatic heterocycles. The Morgan fingerprint density at radius 3 is 2.86 bits per heavy atom. The van der Waals surface area contributed by atoms with Crippen molar-refractivity contribution in [3.8, 4) is 11.5 Å². The summed E-state index contributed by atoms with van der Waals surface area (Å²) in [5, 5.41) is 8.16. The predicted molar refractivity (Wildman–Crippen MR) is 53.7 cm³/mol. The number of hydrogen-bond donors (Lipinski definition) is 1. The molecule has 0 saturated carbocycles. The average molecular weight is 210 g/mol. The summed E-state index contributed by atoms with van der Waals surface area (Å²) >= 11 is 5.73. The van der Waals surface area contributed by atoms with E-state index in [-0.39, 0.29) is 0 Å². The number of aromatic nitrogens is 4. The highest BCUT2D eigenvalue weighted by molar-refractivity contribution is 6.30. The summed E-state index contributed by atoms with van der Waals surface area (Å²) in [5.74, 6) is 0.624. The van der Waals surface area contributed by atoms with E-state index >= 15 is 0 Å². The highest BCUT2D eigenvalue weighted by Gasteiger charge is 2.09. The standard InChI is InChI=1S/C8H8ClN5/c1-14-4-12-13-8(14)7-6(10)2-5(9)3-11-7/h2-4H,10H2,1H3. The highest BCUT2D eigenvalue weighted by atomic mass is 35.5. The maximum Gasteiger partial charge on any atom is 0.184 e. The molecule has 5 nitrogen and oxygen atoms in total. The number of aryl methyl sites for hydroxylation is 1. The zero-order valence-electron chi connectivity index (χ0n) is 7.48. The van der Waals surface area contributed by atoms with Crippen molar-refractivity contribution in [2.45, 2.75) is 0 Å². The number of rotatable bonds is 1. The maximum atomic E-state index is 5.75. The van der Waals surface area contributed by atoms with E-state index in [1.54, 1.807) is 17.0 Å². The SMILES string of the molecule is Cn1cnnc1-c1ncc(Cl)cc1N. The summed E-state index contributed by atoms with van der Waals surface area (Å²) in [7, 11) is 1.82. The second kappa shape index (κ2) is 3.26. The van der Waals surface area contributed by atoms with E-state index in [0.29, 0.717) is 22.2 Å². The number of pyridine rings is 1. The van der Waals surface area contributed by atoms with Gasteiger partial charge in [0.2, 0.25) is 0 Å². The summed E-state index contributed by atoms with van der Waals surface area (Å²) in [4.78, 5) is 4.10. The summed E-state index contributed by atoms with van der Waals surface area (Å²) in [6.45, 7) is 0. The van der Waals surface area contributed by atoms with Crippen LogP contribution in [0.4, 0.5) is 5.69 Å². The van der Waals surface area contributed by atoms with Gasteiger partial charge in [0.15, 0.2) is 5.82 Å². The largest absolute Gasteiger partial charge is 0.397 e. The lowest BCUT2D eigenvalue weighted by atomic mass is 10.3. The van der Waals surface area contributed by atoms with Crippen LogP contribution in [0.25, 0.3) is 11.5 Å². The van der Waals surface area contributed by atoms with Gasteiger partial charge in [-0.1, -0.05) is 11.6 Å². The second-order valence-electron chi connectivity index (χ2n) is 2.86. The molecule has 0 amide bonds. The molecule has 6 heteroatoms. The fraction of sp³-hybridized carbons (Fsp3) is 0.125. The van der Waals surface area contributed by atoms with Crippen LogP contribution in [0, 0.1) is 0 Å². The Hall–Kier alpha value is -1.62. The molecule has 2 aromatic rings. The first kappa shape index (κ1) is 8.96. The van der Waals surface area contributed by atoms with Crippen LogP contribution >= 0.6 is 11.6 Å². The molecule has 2 heterocycles. The van der Waals surface area contributed by atoms with Crippen molar-refractivity contribution in [3.05, 3.63) is 23.6 Å². The molecule has 72 valence electrons. The van der Waals surface area contributed by atoms with E-state index in [1.807, 2.05) is 7.05 Å². The zero-order valence-corrected chi connectivity index (χ0v) is 8.23. The normalized spacial score (nSPS) is 10.4. The molecule has 0 fully saturated rings.